The third kappa shape index (κ3) is 1.59. The van der Waals surface area contributed by atoms with Crippen LogP contribution in [0.4, 0.5) is 0 Å². The predicted octanol–water partition coefficient (Wildman–Crippen LogP) is 2.01. The summed E-state index contributed by atoms with van der Waals surface area (Å²) < 4.78 is 4.96. The summed E-state index contributed by atoms with van der Waals surface area (Å²) in [5, 5.41) is 0. The fourth-order valence-corrected chi connectivity index (χ4v) is 1.18. The number of hydrogen-bond donors (Lipinski definition) is 0. The first-order valence-electron chi connectivity index (χ1n) is 3.57. The molecule has 0 atom stereocenters. The Hall–Kier alpha value is -0.790. The fourth-order valence-electron chi connectivity index (χ4n) is 1.18. The number of rotatable bonds is 1. The summed E-state index contributed by atoms with van der Waals surface area (Å²) in [6, 6.07) is 0. The Morgan fingerprint density at radius 3 is 2.60 bits per heavy atom. The van der Waals surface area contributed by atoms with Gasteiger partial charge in [0.05, 0.1) is 0 Å². The molecule has 2 nitrogen and oxygen atoms in total. The van der Waals surface area contributed by atoms with Gasteiger partial charge in [0.2, 0.25) is 0 Å². The second-order valence-corrected chi connectivity index (χ2v) is 2.65. The monoisotopic (exact) mass is 140 g/mol. The van der Waals surface area contributed by atoms with Crippen LogP contribution in [-0.2, 0) is 9.53 Å². The first kappa shape index (κ1) is 7.32. The lowest BCUT2D eigenvalue weighted by Gasteiger charge is -2.01. The van der Waals surface area contributed by atoms with Crippen molar-refractivity contribution in [2.24, 2.45) is 0 Å². The van der Waals surface area contributed by atoms with Crippen molar-refractivity contribution in [3.63, 3.8) is 0 Å². The molecule has 56 valence electrons. The Bertz CT molecular complexity index is 180. The minimum Gasteiger partial charge on any atom is -0.431 e. The van der Waals surface area contributed by atoms with Gasteiger partial charge in [-0.1, -0.05) is 0 Å². The van der Waals surface area contributed by atoms with Crippen LogP contribution < -0.4 is 0 Å². The van der Waals surface area contributed by atoms with Gasteiger partial charge < -0.3 is 4.74 Å². The first-order chi connectivity index (χ1) is 4.70. The lowest BCUT2D eigenvalue weighted by atomic mass is 10.3. The van der Waals surface area contributed by atoms with Crippen LogP contribution in [-0.4, -0.2) is 5.97 Å². The molecule has 0 spiro atoms. The number of esters is 1. The van der Waals surface area contributed by atoms with E-state index in [0.29, 0.717) is 0 Å². The molecule has 0 saturated carbocycles. The van der Waals surface area contributed by atoms with E-state index in [9.17, 15) is 4.79 Å². The predicted molar refractivity (Wildman–Crippen MR) is 38.3 cm³/mol. The van der Waals surface area contributed by atoms with E-state index in [2.05, 4.69) is 0 Å². The van der Waals surface area contributed by atoms with E-state index in [1.54, 1.807) is 0 Å². The van der Waals surface area contributed by atoms with Gasteiger partial charge in [-0.2, -0.15) is 0 Å². The average molecular weight is 140 g/mol. The summed E-state index contributed by atoms with van der Waals surface area (Å²) in [5.74, 6) is 0.698. The maximum atomic E-state index is 10.5. The Morgan fingerprint density at radius 2 is 2.20 bits per heavy atom. The number of hydrogen-bond acceptors (Lipinski definition) is 2. The third-order valence-electron chi connectivity index (χ3n) is 1.70. The van der Waals surface area contributed by atoms with Crippen molar-refractivity contribution in [2.75, 3.05) is 0 Å². The molecular weight excluding hydrogens is 128 g/mol. The normalized spacial score (nSPS) is 17.8. The fraction of sp³-hybridized carbons (Fsp3) is 0.625. The van der Waals surface area contributed by atoms with Gasteiger partial charge in [0.25, 0.3) is 0 Å². The average Bonchev–Trinajstić information content (AvgIpc) is 2.15. The highest BCUT2D eigenvalue weighted by molar-refractivity contribution is 5.67. The number of ether oxygens (including phenoxy) is 1. The van der Waals surface area contributed by atoms with Crippen LogP contribution in [0.2, 0.25) is 0 Å². The van der Waals surface area contributed by atoms with E-state index in [4.69, 9.17) is 4.74 Å². The van der Waals surface area contributed by atoms with Crippen molar-refractivity contribution >= 4 is 5.97 Å². The molecule has 0 aromatic carbocycles. The highest BCUT2D eigenvalue weighted by atomic mass is 16.5. The van der Waals surface area contributed by atoms with E-state index >= 15 is 0 Å². The quantitative estimate of drug-likeness (QED) is 0.521. The zero-order chi connectivity index (χ0) is 7.56. The summed E-state index contributed by atoms with van der Waals surface area (Å²) in [6.07, 6.45) is 3.16. The van der Waals surface area contributed by atoms with Gasteiger partial charge in [0.15, 0.2) is 0 Å². The minimum atomic E-state index is -0.198. The van der Waals surface area contributed by atoms with Crippen molar-refractivity contribution in [1.29, 1.82) is 0 Å². The maximum absolute atomic E-state index is 10.5. The largest absolute Gasteiger partial charge is 0.431 e. The molecule has 1 aliphatic rings. The van der Waals surface area contributed by atoms with Gasteiger partial charge in [0.1, 0.15) is 5.76 Å². The minimum absolute atomic E-state index is 0.198. The maximum Gasteiger partial charge on any atom is 0.307 e. The van der Waals surface area contributed by atoms with Crippen LogP contribution in [0.5, 0.6) is 0 Å². The molecular formula is C8H12O2. The van der Waals surface area contributed by atoms with Crippen molar-refractivity contribution in [3.8, 4) is 0 Å². The Kier molecular flexibility index (Phi) is 2.10. The second kappa shape index (κ2) is 2.86. The summed E-state index contributed by atoms with van der Waals surface area (Å²) in [6.45, 7) is 3.46. The van der Waals surface area contributed by atoms with E-state index in [0.717, 1.165) is 25.0 Å². The summed E-state index contributed by atoms with van der Waals surface area (Å²) in [4.78, 5) is 10.5. The van der Waals surface area contributed by atoms with Gasteiger partial charge >= 0.3 is 5.97 Å². The van der Waals surface area contributed by atoms with E-state index < -0.39 is 0 Å². The Morgan fingerprint density at radius 1 is 1.50 bits per heavy atom. The number of allylic oxidation sites excluding steroid dienone is 2. The number of carbonyl (C=O) groups excluding carboxylic acids is 1. The molecule has 1 aliphatic carbocycles. The molecule has 1 rings (SSSR count). The van der Waals surface area contributed by atoms with Crippen LogP contribution >= 0.6 is 0 Å². The molecule has 0 saturated heterocycles. The molecule has 0 aromatic rings. The molecule has 0 amide bonds. The molecule has 0 aromatic heterocycles. The molecule has 0 unspecified atom stereocenters. The zero-order valence-corrected chi connectivity index (χ0v) is 6.44. The SMILES string of the molecule is CC(=O)OC1=C(C)CCC1. The molecule has 0 aliphatic heterocycles. The zero-order valence-electron chi connectivity index (χ0n) is 6.44. The topological polar surface area (TPSA) is 26.3 Å². The molecule has 0 heterocycles. The molecule has 0 radical (unpaired) electrons. The van der Waals surface area contributed by atoms with Crippen molar-refractivity contribution in [3.05, 3.63) is 11.3 Å². The summed E-state index contributed by atoms with van der Waals surface area (Å²) >= 11 is 0. The van der Waals surface area contributed by atoms with Crippen molar-refractivity contribution < 1.29 is 9.53 Å². The summed E-state index contributed by atoms with van der Waals surface area (Å²) in [7, 11) is 0. The van der Waals surface area contributed by atoms with Crippen LogP contribution in [0.25, 0.3) is 0 Å². The molecule has 10 heavy (non-hydrogen) atoms. The third-order valence-corrected chi connectivity index (χ3v) is 1.70. The van der Waals surface area contributed by atoms with Crippen molar-refractivity contribution in [1.82, 2.24) is 0 Å². The molecule has 0 bridgehead atoms. The van der Waals surface area contributed by atoms with Gasteiger partial charge in [-0.05, 0) is 25.3 Å². The molecule has 0 fully saturated rings. The Labute approximate surface area is 60.9 Å². The van der Waals surface area contributed by atoms with Gasteiger partial charge in [-0.15, -0.1) is 0 Å². The van der Waals surface area contributed by atoms with Crippen LogP contribution in [0.3, 0.4) is 0 Å². The van der Waals surface area contributed by atoms with Gasteiger partial charge in [0, 0.05) is 13.3 Å². The highest BCUT2D eigenvalue weighted by Crippen LogP contribution is 2.25. The van der Waals surface area contributed by atoms with E-state index in [1.807, 2.05) is 6.92 Å². The van der Waals surface area contributed by atoms with E-state index in [-0.39, 0.29) is 5.97 Å². The Balaban J connectivity index is 2.54. The number of carbonyl (C=O) groups is 1. The summed E-state index contributed by atoms with van der Waals surface area (Å²) in [5.41, 5.74) is 1.23. The lowest BCUT2D eigenvalue weighted by Crippen LogP contribution is -1.97. The van der Waals surface area contributed by atoms with Gasteiger partial charge in [-0.25, -0.2) is 0 Å². The van der Waals surface area contributed by atoms with Crippen LogP contribution in [0.15, 0.2) is 11.3 Å². The van der Waals surface area contributed by atoms with Crippen LogP contribution in [0, 0.1) is 0 Å². The van der Waals surface area contributed by atoms with E-state index in [1.165, 1.54) is 12.5 Å². The van der Waals surface area contributed by atoms with Crippen molar-refractivity contribution in [2.45, 2.75) is 33.1 Å². The standard InChI is InChI=1S/C8H12O2/c1-6-4-3-5-8(6)10-7(2)9/h3-5H2,1-2H3. The van der Waals surface area contributed by atoms with Gasteiger partial charge in [-0.3, -0.25) is 4.79 Å². The smallest absolute Gasteiger partial charge is 0.307 e. The van der Waals surface area contributed by atoms with Crippen LogP contribution in [0.1, 0.15) is 33.1 Å². The second-order valence-electron chi connectivity index (χ2n) is 2.65. The molecule has 0 N–H and O–H groups in total. The highest BCUT2D eigenvalue weighted by Gasteiger charge is 2.12. The molecule has 2 heteroatoms. The first-order valence-corrected chi connectivity index (χ1v) is 3.57. The lowest BCUT2D eigenvalue weighted by molar-refractivity contribution is -0.137.